The Morgan fingerprint density at radius 2 is 1.57 bits per heavy atom. The van der Waals surface area contributed by atoms with E-state index >= 15 is 0 Å². The van der Waals surface area contributed by atoms with Gasteiger partial charge in [0.05, 0.1) is 24.8 Å². The van der Waals surface area contributed by atoms with Gasteiger partial charge in [0, 0.05) is 34.8 Å². The molecule has 0 saturated carbocycles. The van der Waals surface area contributed by atoms with Gasteiger partial charge in [0.1, 0.15) is 12.6 Å². The summed E-state index contributed by atoms with van der Waals surface area (Å²) in [5.41, 5.74) is 1.47. The third kappa shape index (κ3) is 7.67. The number of methoxy groups -OCH3 is 2. The van der Waals surface area contributed by atoms with Crippen LogP contribution in [0.2, 0.25) is 10.0 Å². The molecule has 2 amide bonds. The van der Waals surface area contributed by atoms with Crippen LogP contribution < -0.4 is 19.1 Å². The first-order valence-electron chi connectivity index (χ1n) is 13.3. The van der Waals surface area contributed by atoms with Crippen LogP contribution in [0.15, 0.2) is 65.6 Å². The van der Waals surface area contributed by atoms with Crippen molar-refractivity contribution in [2.75, 3.05) is 31.6 Å². The van der Waals surface area contributed by atoms with Gasteiger partial charge in [0.15, 0.2) is 11.5 Å². The molecule has 1 atom stereocenters. The Bertz CT molecular complexity index is 1500. The summed E-state index contributed by atoms with van der Waals surface area (Å²) in [6.45, 7) is 4.99. The van der Waals surface area contributed by atoms with Crippen molar-refractivity contribution in [1.82, 2.24) is 10.2 Å². The molecule has 0 aromatic heterocycles. The fraction of sp³-hybridized carbons (Fsp3) is 0.333. The second-order valence-corrected chi connectivity index (χ2v) is 12.2. The molecule has 3 aromatic carbocycles. The van der Waals surface area contributed by atoms with Crippen molar-refractivity contribution in [3.63, 3.8) is 0 Å². The number of carbonyl (C=O) groups is 2. The number of ether oxygens (including phenoxy) is 2. The molecular formula is C30H35Cl2N3O6S. The third-order valence-corrected chi connectivity index (χ3v) is 9.15. The number of amides is 2. The first kappa shape index (κ1) is 33.0. The van der Waals surface area contributed by atoms with Crippen LogP contribution in [0.1, 0.15) is 31.4 Å². The average Bonchev–Trinajstić information content (AvgIpc) is 2.97. The van der Waals surface area contributed by atoms with Gasteiger partial charge in [0.25, 0.3) is 10.0 Å². The molecule has 3 rings (SSSR count). The normalized spacial score (nSPS) is 11.9. The van der Waals surface area contributed by atoms with E-state index < -0.39 is 34.4 Å². The van der Waals surface area contributed by atoms with Gasteiger partial charge < -0.3 is 19.7 Å². The molecule has 42 heavy (non-hydrogen) atoms. The van der Waals surface area contributed by atoms with Gasteiger partial charge in [-0.1, -0.05) is 53.9 Å². The first-order chi connectivity index (χ1) is 19.9. The monoisotopic (exact) mass is 635 g/mol. The van der Waals surface area contributed by atoms with E-state index in [-0.39, 0.29) is 22.9 Å². The number of aryl methyl sites for hydroxylation is 1. The fourth-order valence-corrected chi connectivity index (χ4v) is 6.10. The maximum absolute atomic E-state index is 14.1. The number of benzene rings is 3. The zero-order chi connectivity index (χ0) is 31.0. The summed E-state index contributed by atoms with van der Waals surface area (Å²) in [5, 5.41) is 3.42. The number of rotatable bonds is 13. The molecule has 0 spiro atoms. The summed E-state index contributed by atoms with van der Waals surface area (Å²) in [4.78, 5) is 28.4. The van der Waals surface area contributed by atoms with Gasteiger partial charge in [-0.2, -0.15) is 0 Å². The second kappa shape index (κ2) is 14.6. The van der Waals surface area contributed by atoms with Crippen molar-refractivity contribution >= 4 is 50.7 Å². The molecule has 1 N–H and O–H groups in total. The molecule has 0 aliphatic carbocycles. The van der Waals surface area contributed by atoms with Crippen LogP contribution in [0.25, 0.3) is 0 Å². The minimum absolute atomic E-state index is 0.00915. The number of nitrogens with one attached hydrogen (secondary N) is 1. The molecule has 0 saturated heterocycles. The fourth-order valence-electron chi connectivity index (χ4n) is 4.18. The van der Waals surface area contributed by atoms with E-state index in [1.54, 1.807) is 43.3 Å². The predicted octanol–water partition coefficient (Wildman–Crippen LogP) is 5.46. The average molecular weight is 637 g/mol. The van der Waals surface area contributed by atoms with Gasteiger partial charge in [-0.3, -0.25) is 13.9 Å². The Morgan fingerprint density at radius 1 is 0.952 bits per heavy atom. The minimum atomic E-state index is -4.26. The summed E-state index contributed by atoms with van der Waals surface area (Å²) < 4.78 is 39.8. The lowest BCUT2D eigenvalue weighted by atomic mass is 10.1. The smallest absolute Gasteiger partial charge is 0.264 e. The Balaban J connectivity index is 2.11. The standard InChI is InChI=1S/C30H35Cl2N3O6S/c1-6-16-33-30(37)21(3)34(18-24-25(31)8-7-9-26(24)32)29(36)19-35(22-12-15-27(40-4)28(17-22)41-5)42(38,39)23-13-10-20(2)11-14-23/h7-15,17,21H,6,16,18-19H2,1-5H3,(H,33,37)/t21-/m0/s1. The van der Waals surface area contributed by atoms with Crippen molar-refractivity contribution in [2.24, 2.45) is 0 Å². The lowest BCUT2D eigenvalue weighted by Gasteiger charge is -2.32. The molecule has 0 radical (unpaired) electrons. The predicted molar refractivity (Wildman–Crippen MR) is 165 cm³/mol. The largest absolute Gasteiger partial charge is 0.493 e. The molecule has 9 nitrogen and oxygen atoms in total. The van der Waals surface area contributed by atoms with Crippen LogP contribution in [0, 0.1) is 6.92 Å². The van der Waals surface area contributed by atoms with Gasteiger partial charge >= 0.3 is 0 Å². The highest BCUT2D eigenvalue weighted by Gasteiger charge is 2.33. The Labute approximate surface area is 257 Å². The molecule has 0 aliphatic heterocycles. The first-order valence-corrected chi connectivity index (χ1v) is 15.5. The van der Waals surface area contributed by atoms with Crippen LogP contribution in [0.4, 0.5) is 5.69 Å². The molecular weight excluding hydrogens is 601 g/mol. The van der Waals surface area contributed by atoms with E-state index in [2.05, 4.69) is 5.32 Å². The second-order valence-electron chi connectivity index (χ2n) is 9.55. The lowest BCUT2D eigenvalue weighted by Crippen LogP contribution is -2.51. The van der Waals surface area contributed by atoms with Gasteiger partial charge in [-0.15, -0.1) is 0 Å². The molecule has 0 bridgehead atoms. The van der Waals surface area contributed by atoms with E-state index in [0.717, 1.165) is 9.87 Å². The molecule has 0 fully saturated rings. The molecule has 12 heteroatoms. The zero-order valence-electron chi connectivity index (χ0n) is 24.2. The van der Waals surface area contributed by atoms with Crippen molar-refractivity contribution in [1.29, 1.82) is 0 Å². The van der Waals surface area contributed by atoms with Gasteiger partial charge in [0.2, 0.25) is 11.8 Å². The quantitative estimate of drug-likeness (QED) is 0.267. The van der Waals surface area contributed by atoms with E-state index in [1.165, 1.54) is 43.4 Å². The van der Waals surface area contributed by atoms with Gasteiger partial charge in [-0.05, 0) is 56.7 Å². The zero-order valence-corrected chi connectivity index (χ0v) is 26.5. The number of carbonyl (C=O) groups excluding carboxylic acids is 2. The Hall–Kier alpha value is -3.47. The minimum Gasteiger partial charge on any atom is -0.493 e. The van der Waals surface area contributed by atoms with Crippen LogP contribution in [0.5, 0.6) is 11.5 Å². The number of sulfonamides is 1. The lowest BCUT2D eigenvalue weighted by molar-refractivity contribution is -0.139. The van der Waals surface area contributed by atoms with Crippen molar-refractivity contribution in [3.8, 4) is 11.5 Å². The molecule has 226 valence electrons. The van der Waals surface area contributed by atoms with Crippen LogP contribution in [0.3, 0.4) is 0 Å². The Morgan fingerprint density at radius 3 is 2.14 bits per heavy atom. The summed E-state index contributed by atoms with van der Waals surface area (Å²) in [7, 11) is -1.37. The van der Waals surface area contributed by atoms with E-state index in [9.17, 15) is 18.0 Å². The third-order valence-electron chi connectivity index (χ3n) is 6.65. The molecule has 0 unspecified atom stereocenters. The maximum Gasteiger partial charge on any atom is 0.264 e. The summed E-state index contributed by atoms with van der Waals surface area (Å²) in [5.74, 6) is -0.377. The highest BCUT2D eigenvalue weighted by molar-refractivity contribution is 7.92. The van der Waals surface area contributed by atoms with Crippen molar-refractivity contribution in [3.05, 3.63) is 81.8 Å². The number of hydrogen-bond acceptors (Lipinski definition) is 6. The van der Waals surface area contributed by atoms with Crippen molar-refractivity contribution in [2.45, 2.75) is 44.7 Å². The topological polar surface area (TPSA) is 105 Å². The Kier molecular flexibility index (Phi) is 11.5. The summed E-state index contributed by atoms with van der Waals surface area (Å²) in [6.07, 6.45) is 0.699. The van der Waals surface area contributed by atoms with E-state index in [1.807, 2.05) is 13.8 Å². The highest BCUT2D eigenvalue weighted by Crippen LogP contribution is 2.34. The summed E-state index contributed by atoms with van der Waals surface area (Å²) >= 11 is 12.8. The van der Waals surface area contributed by atoms with Crippen LogP contribution in [-0.2, 0) is 26.2 Å². The molecule has 0 heterocycles. The van der Waals surface area contributed by atoms with Crippen molar-refractivity contribution < 1.29 is 27.5 Å². The maximum atomic E-state index is 14.1. The summed E-state index contributed by atoms with van der Waals surface area (Å²) in [6, 6.07) is 14.8. The molecule has 3 aromatic rings. The SMILES string of the molecule is CCCNC(=O)[C@H](C)N(Cc1c(Cl)cccc1Cl)C(=O)CN(c1ccc(OC)c(OC)c1)S(=O)(=O)c1ccc(C)cc1. The number of hydrogen-bond donors (Lipinski definition) is 1. The van der Waals surface area contributed by atoms with E-state index in [4.69, 9.17) is 32.7 Å². The highest BCUT2D eigenvalue weighted by atomic mass is 35.5. The van der Waals surface area contributed by atoms with Crippen LogP contribution >= 0.6 is 23.2 Å². The number of anilines is 1. The van der Waals surface area contributed by atoms with E-state index in [0.29, 0.717) is 34.3 Å². The number of halogens is 2. The van der Waals surface area contributed by atoms with Crippen LogP contribution in [-0.4, -0.2) is 58.5 Å². The number of nitrogens with zero attached hydrogens (tertiary/aromatic N) is 2. The van der Waals surface area contributed by atoms with Gasteiger partial charge in [-0.25, -0.2) is 8.42 Å². The molecule has 0 aliphatic rings.